The molecule has 0 aliphatic rings. The molecule has 0 spiro atoms. The number of benzene rings is 2. The van der Waals surface area contributed by atoms with E-state index in [0.29, 0.717) is 24.3 Å². The van der Waals surface area contributed by atoms with Crippen LogP contribution in [0.3, 0.4) is 0 Å². The second-order valence-electron chi connectivity index (χ2n) is 5.53. The molecule has 0 heterocycles. The first kappa shape index (κ1) is 19.5. The molecule has 3 N–H and O–H groups in total. The van der Waals surface area contributed by atoms with Crippen molar-refractivity contribution in [1.82, 2.24) is 5.32 Å². The van der Waals surface area contributed by atoms with Gasteiger partial charge in [0.05, 0.1) is 6.61 Å². The minimum Gasteiger partial charge on any atom is -0.490 e. The van der Waals surface area contributed by atoms with Gasteiger partial charge in [-0.15, -0.1) is 0 Å². The highest BCUT2D eigenvalue weighted by Crippen LogP contribution is 2.32. The van der Waals surface area contributed by atoms with Crippen molar-refractivity contribution in [2.45, 2.75) is 32.9 Å². The number of para-hydroxylation sites is 2. The van der Waals surface area contributed by atoms with E-state index in [1.807, 2.05) is 18.2 Å². The van der Waals surface area contributed by atoms with Crippen molar-refractivity contribution in [3.05, 3.63) is 53.6 Å². The third kappa shape index (κ3) is 5.61. The van der Waals surface area contributed by atoms with Gasteiger partial charge in [-0.25, -0.2) is 0 Å². The lowest BCUT2D eigenvalue weighted by Gasteiger charge is -2.15. The van der Waals surface area contributed by atoms with Gasteiger partial charge in [0.1, 0.15) is 0 Å². The Kier molecular flexibility index (Phi) is 7.20. The first-order chi connectivity index (χ1) is 12.5. The maximum absolute atomic E-state index is 12.7. The minimum atomic E-state index is -2.98. The molecule has 0 fully saturated rings. The topological polar surface area (TPSA) is 73.6 Å². The van der Waals surface area contributed by atoms with Gasteiger partial charge in [0, 0.05) is 24.2 Å². The number of rotatable bonds is 9. The summed E-state index contributed by atoms with van der Waals surface area (Å²) in [4.78, 5) is 12.1. The summed E-state index contributed by atoms with van der Waals surface area (Å²) in [6, 6.07) is 12.1. The molecular formula is C19H22F2N2O3. The van der Waals surface area contributed by atoms with Crippen LogP contribution in [-0.2, 0) is 17.8 Å². The molecule has 0 saturated heterocycles. The van der Waals surface area contributed by atoms with Crippen LogP contribution in [0.5, 0.6) is 11.5 Å². The fourth-order valence-corrected chi connectivity index (χ4v) is 2.48. The zero-order valence-corrected chi connectivity index (χ0v) is 14.5. The van der Waals surface area contributed by atoms with Crippen LogP contribution in [0, 0.1) is 0 Å². The second kappa shape index (κ2) is 9.60. The van der Waals surface area contributed by atoms with Crippen molar-refractivity contribution in [2.75, 3.05) is 12.3 Å². The largest absolute Gasteiger partial charge is 0.490 e. The highest BCUT2D eigenvalue weighted by molar-refractivity contribution is 5.76. The van der Waals surface area contributed by atoms with Crippen molar-refractivity contribution in [3.8, 4) is 11.5 Å². The van der Waals surface area contributed by atoms with Gasteiger partial charge in [-0.2, -0.15) is 8.78 Å². The molecule has 0 unspecified atom stereocenters. The number of aryl methyl sites for hydroxylation is 1. The van der Waals surface area contributed by atoms with Crippen molar-refractivity contribution in [2.24, 2.45) is 0 Å². The number of anilines is 1. The van der Waals surface area contributed by atoms with Crippen molar-refractivity contribution < 1.29 is 23.0 Å². The van der Waals surface area contributed by atoms with Crippen LogP contribution in [0.15, 0.2) is 42.5 Å². The molecule has 2 aromatic rings. The smallest absolute Gasteiger partial charge is 0.387 e. The maximum Gasteiger partial charge on any atom is 0.387 e. The molecule has 0 saturated carbocycles. The first-order valence-corrected chi connectivity index (χ1v) is 8.30. The zero-order valence-electron chi connectivity index (χ0n) is 14.5. The van der Waals surface area contributed by atoms with Gasteiger partial charge in [0.15, 0.2) is 11.5 Å². The van der Waals surface area contributed by atoms with Gasteiger partial charge in [-0.1, -0.05) is 30.3 Å². The summed E-state index contributed by atoms with van der Waals surface area (Å²) < 4.78 is 35.3. The minimum absolute atomic E-state index is 0.0584. The standard InChI is InChI=1S/C19H22F2N2O3/c1-2-25-16-9-5-7-14(18(16)26-19(20)21)12-23-17(24)11-10-13-6-3-4-8-15(13)22/h3-9,19H,2,10-12,22H2,1H3,(H,23,24). The average Bonchev–Trinajstić information content (AvgIpc) is 2.61. The van der Waals surface area contributed by atoms with E-state index in [1.54, 1.807) is 31.2 Å². The predicted octanol–water partition coefficient (Wildman–Crippen LogP) is 3.52. The van der Waals surface area contributed by atoms with E-state index in [-0.39, 0.29) is 30.4 Å². The predicted molar refractivity (Wildman–Crippen MR) is 95.3 cm³/mol. The van der Waals surface area contributed by atoms with E-state index >= 15 is 0 Å². The molecule has 2 rings (SSSR count). The molecule has 7 heteroatoms. The Balaban J connectivity index is 1.98. The van der Waals surface area contributed by atoms with Gasteiger partial charge in [-0.05, 0) is 31.0 Å². The fourth-order valence-electron chi connectivity index (χ4n) is 2.48. The lowest BCUT2D eigenvalue weighted by atomic mass is 10.1. The van der Waals surface area contributed by atoms with Crippen LogP contribution < -0.4 is 20.5 Å². The van der Waals surface area contributed by atoms with Gasteiger partial charge < -0.3 is 20.5 Å². The normalized spacial score (nSPS) is 10.6. The van der Waals surface area contributed by atoms with Crippen molar-refractivity contribution in [1.29, 1.82) is 0 Å². The number of nitrogens with one attached hydrogen (secondary N) is 1. The molecule has 0 radical (unpaired) electrons. The molecular weight excluding hydrogens is 342 g/mol. The summed E-state index contributed by atoms with van der Waals surface area (Å²) in [5.41, 5.74) is 7.80. The fraction of sp³-hybridized carbons (Fsp3) is 0.316. The Bertz CT molecular complexity index is 738. The number of carbonyl (C=O) groups excluding carboxylic acids is 1. The van der Waals surface area contributed by atoms with E-state index in [1.165, 1.54) is 0 Å². The van der Waals surface area contributed by atoms with Crippen LogP contribution in [0.25, 0.3) is 0 Å². The average molecular weight is 364 g/mol. The molecule has 0 bridgehead atoms. The number of alkyl halides is 2. The van der Waals surface area contributed by atoms with Crippen molar-refractivity contribution in [3.63, 3.8) is 0 Å². The number of halogens is 2. The Hall–Kier alpha value is -2.83. The van der Waals surface area contributed by atoms with Crippen LogP contribution in [-0.4, -0.2) is 19.1 Å². The summed E-state index contributed by atoms with van der Waals surface area (Å²) >= 11 is 0. The molecule has 0 atom stereocenters. The number of hydrogen-bond acceptors (Lipinski definition) is 4. The zero-order chi connectivity index (χ0) is 18.9. The number of nitrogens with two attached hydrogens (primary N) is 1. The molecule has 0 aliphatic heterocycles. The van der Waals surface area contributed by atoms with Gasteiger partial charge in [0.25, 0.3) is 0 Å². The molecule has 0 aromatic heterocycles. The second-order valence-corrected chi connectivity index (χ2v) is 5.53. The summed E-state index contributed by atoms with van der Waals surface area (Å²) in [6.07, 6.45) is 0.738. The first-order valence-electron chi connectivity index (χ1n) is 8.30. The van der Waals surface area contributed by atoms with Gasteiger partial charge in [-0.3, -0.25) is 4.79 Å². The molecule has 26 heavy (non-hydrogen) atoms. The quantitative estimate of drug-likeness (QED) is 0.668. The van der Waals surface area contributed by atoms with Crippen molar-refractivity contribution >= 4 is 11.6 Å². The molecule has 1 amide bonds. The highest BCUT2D eigenvalue weighted by atomic mass is 19.3. The molecule has 0 aliphatic carbocycles. The van der Waals surface area contributed by atoms with E-state index in [2.05, 4.69) is 10.1 Å². The number of amides is 1. The van der Waals surface area contributed by atoms with E-state index < -0.39 is 6.61 Å². The van der Waals surface area contributed by atoms with Crippen LogP contribution in [0.4, 0.5) is 14.5 Å². The molecule has 140 valence electrons. The monoisotopic (exact) mass is 364 g/mol. The Labute approximate surface area is 151 Å². The van der Waals surface area contributed by atoms with Crippen LogP contribution >= 0.6 is 0 Å². The number of hydrogen-bond donors (Lipinski definition) is 2. The maximum atomic E-state index is 12.7. The van der Waals surface area contributed by atoms with Crippen LogP contribution in [0.2, 0.25) is 0 Å². The summed E-state index contributed by atoms with van der Waals surface area (Å²) in [5.74, 6) is -0.0494. The lowest BCUT2D eigenvalue weighted by molar-refractivity contribution is -0.121. The van der Waals surface area contributed by atoms with Gasteiger partial charge >= 0.3 is 6.61 Å². The van der Waals surface area contributed by atoms with E-state index in [9.17, 15) is 13.6 Å². The Morgan fingerprint density at radius 2 is 1.88 bits per heavy atom. The Morgan fingerprint density at radius 3 is 2.58 bits per heavy atom. The lowest BCUT2D eigenvalue weighted by Crippen LogP contribution is -2.23. The highest BCUT2D eigenvalue weighted by Gasteiger charge is 2.16. The third-order valence-corrected chi connectivity index (χ3v) is 3.72. The third-order valence-electron chi connectivity index (χ3n) is 3.72. The number of ether oxygens (including phenoxy) is 2. The summed E-state index contributed by atoms with van der Waals surface area (Å²) in [6.45, 7) is -0.859. The van der Waals surface area contributed by atoms with Crippen LogP contribution in [0.1, 0.15) is 24.5 Å². The SMILES string of the molecule is CCOc1cccc(CNC(=O)CCc2ccccc2N)c1OC(F)F. The van der Waals surface area contributed by atoms with Gasteiger partial charge in [0.2, 0.25) is 5.91 Å². The molecule has 5 nitrogen and oxygen atoms in total. The Morgan fingerprint density at radius 1 is 1.15 bits per heavy atom. The van der Waals surface area contributed by atoms with E-state index in [0.717, 1.165) is 5.56 Å². The summed E-state index contributed by atoms with van der Waals surface area (Å²) in [7, 11) is 0. The summed E-state index contributed by atoms with van der Waals surface area (Å²) in [5, 5.41) is 2.71. The number of nitrogen functional groups attached to an aromatic ring is 1. The van der Waals surface area contributed by atoms with E-state index in [4.69, 9.17) is 10.5 Å². The molecule has 2 aromatic carbocycles. The number of carbonyl (C=O) groups is 1.